The second-order valence-corrected chi connectivity index (χ2v) is 12.0. The lowest BCUT2D eigenvalue weighted by molar-refractivity contribution is 0.669. The average Bonchev–Trinajstić information content (AvgIpc) is 3.69. The number of nitrogens with zero attached hydrogens (tertiary/aromatic N) is 3. The Morgan fingerprint density at radius 3 is 1.85 bits per heavy atom. The van der Waals surface area contributed by atoms with Crippen molar-refractivity contribution < 1.29 is 4.42 Å². The van der Waals surface area contributed by atoms with Gasteiger partial charge in [-0.15, -0.1) is 0 Å². The standard InChI is InChI=1S/C43H25N3O/c1-2-11-27(12-3-1)41-44-42(46-43(45-41)35-22-10-24-37-40(35)33-17-4-5-23-36(33)47-37)29-16-6-15-28(25-29)30-18-9-20-32-31-19-7-13-26-14-8-21-34(38(26)31)39(30)32/h1-25H. The van der Waals surface area contributed by atoms with E-state index in [0.717, 1.165) is 44.2 Å². The highest BCUT2D eigenvalue weighted by Gasteiger charge is 2.24. The molecule has 47 heavy (non-hydrogen) atoms. The van der Waals surface area contributed by atoms with Crippen molar-refractivity contribution in [2.75, 3.05) is 0 Å². The number of fused-ring (bicyclic) bond motifs is 6. The fourth-order valence-corrected chi connectivity index (χ4v) is 7.21. The zero-order chi connectivity index (χ0) is 30.9. The number of furan rings is 1. The van der Waals surface area contributed by atoms with Crippen molar-refractivity contribution in [2.24, 2.45) is 0 Å². The first kappa shape index (κ1) is 25.9. The van der Waals surface area contributed by atoms with Gasteiger partial charge in [0.2, 0.25) is 0 Å². The van der Waals surface area contributed by atoms with E-state index in [1.807, 2.05) is 60.7 Å². The van der Waals surface area contributed by atoms with E-state index in [1.165, 1.54) is 38.6 Å². The molecule has 0 bridgehead atoms. The lowest BCUT2D eigenvalue weighted by atomic mass is 9.92. The Hall–Kier alpha value is -6.39. The molecule has 9 aromatic rings. The molecule has 0 aliphatic heterocycles. The van der Waals surface area contributed by atoms with Crippen LogP contribution in [0.15, 0.2) is 156 Å². The van der Waals surface area contributed by atoms with Crippen molar-refractivity contribution in [1.29, 1.82) is 0 Å². The summed E-state index contributed by atoms with van der Waals surface area (Å²) in [5.41, 5.74) is 11.9. The van der Waals surface area contributed by atoms with Gasteiger partial charge >= 0.3 is 0 Å². The van der Waals surface area contributed by atoms with Crippen molar-refractivity contribution >= 4 is 32.7 Å². The van der Waals surface area contributed by atoms with E-state index in [0.29, 0.717) is 17.5 Å². The van der Waals surface area contributed by atoms with E-state index in [-0.39, 0.29) is 0 Å². The van der Waals surface area contributed by atoms with Crippen LogP contribution in [0.25, 0.3) is 100 Å². The summed E-state index contributed by atoms with van der Waals surface area (Å²) in [4.78, 5) is 15.2. The third-order valence-corrected chi connectivity index (χ3v) is 9.27. The second kappa shape index (κ2) is 10.1. The zero-order valence-corrected chi connectivity index (χ0v) is 25.2. The van der Waals surface area contributed by atoms with E-state index in [1.54, 1.807) is 0 Å². The number of hydrogen-bond acceptors (Lipinski definition) is 4. The Balaban J connectivity index is 1.18. The largest absolute Gasteiger partial charge is 0.456 e. The van der Waals surface area contributed by atoms with E-state index in [4.69, 9.17) is 19.4 Å². The first-order valence-corrected chi connectivity index (χ1v) is 15.8. The minimum Gasteiger partial charge on any atom is -0.456 e. The van der Waals surface area contributed by atoms with Crippen molar-refractivity contribution in [2.45, 2.75) is 0 Å². The molecule has 0 radical (unpaired) electrons. The lowest BCUT2D eigenvalue weighted by Crippen LogP contribution is -2.00. The molecule has 0 atom stereocenters. The molecule has 0 fully saturated rings. The van der Waals surface area contributed by atoms with Crippen LogP contribution in [0.2, 0.25) is 0 Å². The highest BCUT2D eigenvalue weighted by molar-refractivity contribution is 6.18. The van der Waals surface area contributed by atoms with E-state index >= 15 is 0 Å². The smallest absolute Gasteiger partial charge is 0.164 e. The third-order valence-electron chi connectivity index (χ3n) is 9.27. The molecule has 0 N–H and O–H groups in total. The fraction of sp³-hybridized carbons (Fsp3) is 0. The van der Waals surface area contributed by atoms with Gasteiger partial charge in [0.1, 0.15) is 11.2 Å². The van der Waals surface area contributed by atoms with Crippen LogP contribution >= 0.6 is 0 Å². The Bertz CT molecular complexity index is 2690. The van der Waals surface area contributed by atoms with Gasteiger partial charge in [-0.3, -0.25) is 0 Å². The summed E-state index contributed by atoms with van der Waals surface area (Å²) in [6, 6.07) is 52.7. The van der Waals surface area contributed by atoms with Gasteiger partial charge in [-0.1, -0.05) is 133 Å². The third kappa shape index (κ3) is 3.98. The Morgan fingerprint density at radius 1 is 0.362 bits per heavy atom. The summed E-state index contributed by atoms with van der Waals surface area (Å²) in [6.07, 6.45) is 0. The summed E-state index contributed by atoms with van der Waals surface area (Å²) < 4.78 is 6.22. The Morgan fingerprint density at radius 2 is 0.957 bits per heavy atom. The minimum absolute atomic E-state index is 0.610. The summed E-state index contributed by atoms with van der Waals surface area (Å²) in [5, 5.41) is 4.63. The molecule has 7 aromatic carbocycles. The normalized spacial score (nSPS) is 11.8. The van der Waals surface area contributed by atoms with Gasteiger partial charge in [0.25, 0.3) is 0 Å². The summed E-state index contributed by atoms with van der Waals surface area (Å²) in [7, 11) is 0. The highest BCUT2D eigenvalue weighted by atomic mass is 16.3. The molecule has 0 spiro atoms. The first-order valence-electron chi connectivity index (χ1n) is 15.8. The van der Waals surface area contributed by atoms with Gasteiger partial charge in [-0.25, -0.2) is 15.0 Å². The van der Waals surface area contributed by atoms with Crippen LogP contribution in [0.1, 0.15) is 0 Å². The van der Waals surface area contributed by atoms with Crippen LogP contribution in [0.3, 0.4) is 0 Å². The maximum Gasteiger partial charge on any atom is 0.164 e. The van der Waals surface area contributed by atoms with E-state index in [2.05, 4.69) is 91.0 Å². The van der Waals surface area contributed by atoms with Crippen molar-refractivity contribution in [3.8, 4) is 67.5 Å². The first-order chi connectivity index (χ1) is 23.3. The molecule has 0 saturated heterocycles. The van der Waals surface area contributed by atoms with Gasteiger partial charge in [-0.2, -0.15) is 0 Å². The van der Waals surface area contributed by atoms with Gasteiger partial charge in [0.15, 0.2) is 17.5 Å². The van der Waals surface area contributed by atoms with Crippen LogP contribution in [-0.2, 0) is 0 Å². The van der Waals surface area contributed by atoms with Crippen molar-refractivity contribution in [3.05, 3.63) is 152 Å². The SMILES string of the molecule is c1ccc(-c2nc(-c3cccc(-c4cccc5c4-c4cccc6cccc-5c46)c3)nc(-c3cccc4oc5ccccc5c34)n2)cc1. The van der Waals surface area contributed by atoms with Crippen molar-refractivity contribution in [1.82, 2.24) is 15.0 Å². The van der Waals surface area contributed by atoms with Crippen LogP contribution in [0, 0.1) is 0 Å². The topological polar surface area (TPSA) is 51.8 Å². The van der Waals surface area contributed by atoms with Crippen molar-refractivity contribution in [3.63, 3.8) is 0 Å². The molecule has 1 aliphatic rings. The molecular weight excluding hydrogens is 574 g/mol. The number of aromatic nitrogens is 3. The molecule has 4 nitrogen and oxygen atoms in total. The zero-order valence-electron chi connectivity index (χ0n) is 25.2. The molecule has 218 valence electrons. The number of hydrogen-bond donors (Lipinski definition) is 0. The second-order valence-electron chi connectivity index (χ2n) is 12.0. The highest BCUT2D eigenvalue weighted by Crippen LogP contribution is 2.51. The quantitative estimate of drug-likeness (QED) is 0.202. The summed E-state index contributed by atoms with van der Waals surface area (Å²) in [6.45, 7) is 0. The Labute approximate surface area is 270 Å². The molecule has 0 unspecified atom stereocenters. The van der Waals surface area contributed by atoms with Crippen LogP contribution in [0.5, 0.6) is 0 Å². The number of para-hydroxylation sites is 1. The van der Waals surface area contributed by atoms with Gasteiger partial charge in [0, 0.05) is 27.5 Å². The molecule has 10 rings (SSSR count). The van der Waals surface area contributed by atoms with Crippen LogP contribution in [-0.4, -0.2) is 15.0 Å². The molecular formula is C43H25N3O. The minimum atomic E-state index is 0.610. The number of rotatable bonds is 4. The maximum atomic E-state index is 6.22. The van der Waals surface area contributed by atoms with E-state index in [9.17, 15) is 0 Å². The molecule has 4 heteroatoms. The van der Waals surface area contributed by atoms with Gasteiger partial charge in [-0.05, 0) is 62.4 Å². The van der Waals surface area contributed by atoms with E-state index < -0.39 is 0 Å². The van der Waals surface area contributed by atoms with Gasteiger partial charge < -0.3 is 4.42 Å². The maximum absolute atomic E-state index is 6.22. The number of benzene rings is 7. The fourth-order valence-electron chi connectivity index (χ4n) is 7.21. The van der Waals surface area contributed by atoms with Crippen LogP contribution in [0.4, 0.5) is 0 Å². The molecule has 2 heterocycles. The Kier molecular flexibility index (Phi) is 5.54. The average molecular weight is 600 g/mol. The molecule has 1 aliphatic carbocycles. The summed E-state index contributed by atoms with van der Waals surface area (Å²) in [5.74, 6) is 1.86. The van der Waals surface area contributed by atoms with Gasteiger partial charge in [0.05, 0.1) is 0 Å². The molecule has 0 amide bonds. The monoisotopic (exact) mass is 599 g/mol. The lowest BCUT2D eigenvalue weighted by Gasteiger charge is -2.13. The molecule has 2 aromatic heterocycles. The van der Waals surface area contributed by atoms with Crippen LogP contribution < -0.4 is 0 Å². The predicted molar refractivity (Wildman–Crippen MR) is 191 cm³/mol. The molecule has 0 saturated carbocycles. The summed E-state index contributed by atoms with van der Waals surface area (Å²) >= 11 is 0. The predicted octanol–water partition coefficient (Wildman–Crippen LogP) is 11.2.